The Bertz CT molecular complexity index is 1470. The van der Waals surface area contributed by atoms with E-state index in [0.29, 0.717) is 18.7 Å². The quantitative estimate of drug-likeness (QED) is 0.505. The van der Waals surface area contributed by atoms with E-state index in [-0.39, 0.29) is 28.7 Å². The van der Waals surface area contributed by atoms with E-state index in [4.69, 9.17) is 11.0 Å². The lowest BCUT2D eigenvalue weighted by Gasteiger charge is -2.30. The molecule has 2 aromatic carbocycles. The minimum Gasteiger partial charge on any atom is -0.336 e. The van der Waals surface area contributed by atoms with Gasteiger partial charge in [-0.25, -0.2) is 13.5 Å². The molecule has 3 heterocycles. The number of rotatable bonds is 3. The fourth-order valence-electron chi connectivity index (χ4n) is 4.34. The number of nitriles is 1. The minimum absolute atomic E-state index is 0.0134. The number of aryl methyl sites for hydroxylation is 1. The molecule has 8 nitrogen and oxygen atoms in total. The van der Waals surface area contributed by atoms with Crippen LogP contribution in [-0.4, -0.2) is 49.5 Å². The van der Waals surface area contributed by atoms with Gasteiger partial charge >= 0.3 is 0 Å². The first kappa shape index (κ1) is 21.7. The normalized spacial score (nSPS) is 16.1. The lowest BCUT2D eigenvalue weighted by Crippen LogP contribution is -2.46. The average Bonchev–Trinajstić information content (AvgIpc) is 3.36. The fourth-order valence-corrected chi connectivity index (χ4v) is 4.34. The van der Waals surface area contributed by atoms with E-state index in [1.165, 1.54) is 21.7 Å². The van der Waals surface area contributed by atoms with Crippen LogP contribution < -0.4 is 5.73 Å². The molecule has 5 rings (SSSR count). The van der Waals surface area contributed by atoms with Crippen molar-refractivity contribution in [2.24, 2.45) is 12.8 Å². The number of amides is 1. The minimum atomic E-state index is -0.808. The number of nitrogens with zero attached hydrogens (tertiary/aromatic N) is 6. The van der Waals surface area contributed by atoms with Crippen LogP contribution in [0.25, 0.3) is 27.8 Å². The van der Waals surface area contributed by atoms with Crippen molar-refractivity contribution in [1.29, 1.82) is 5.26 Å². The summed E-state index contributed by atoms with van der Waals surface area (Å²) in [6, 6.07) is 10.6. The summed E-state index contributed by atoms with van der Waals surface area (Å²) in [5.74, 6) is -2.14. The van der Waals surface area contributed by atoms with Gasteiger partial charge in [0.25, 0.3) is 5.91 Å². The first-order valence-corrected chi connectivity index (χ1v) is 10.8. The number of halogens is 2. The molecule has 2 N–H and O–H groups in total. The van der Waals surface area contributed by atoms with E-state index >= 15 is 4.39 Å². The number of fused-ring (bicyclic) bond motifs is 1. The maximum atomic E-state index is 15.9. The van der Waals surface area contributed by atoms with Crippen LogP contribution in [0, 0.1) is 23.0 Å². The number of benzene rings is 2. The van der Waals surface area contributed by atoms with Crippen molar-refractivity contribution in [2.45, 2.75) is 18.9 Å². The molecular formula is C24H21F2N7O. The third kappa shape index (κ3) is 3.70. The molecule has 0 aliphatic carbocycles. The van der Waals surface area contributed by atoms with Crippen LogP contribution >= 0.6 is 0 Å². The number of hydrogen-bond donors (Lipinski definition) is 1. The molecule has 0 spiro atoms. The van der Waals surface area contributed by atoms with Gasteiger partial charge in [0.05, 0.1) is 16.8 Å². The molecule has 2 aromatic heterocycles. The number of carbonyl (C=O) groups excluding carboxylic acids is 1. The largest absolute Gasteiger partial charge is 0.336 e. The molecule has 34 heavy (non-hydrogen) atoms. The van der Waals surface area contributed by atoms with Gasteiger partial charge < -0.3 is 10.6 Å². The Labute approximate surface area is 193 Å². The Morgan fingerprint density at radius 1 is 1.21 bits per heavy atom. The van der Waals surface area contributed by atoms with Gasteiger partial charge in [0.1, 0.15) is 17.6 Å². The van der Waals surface area contributed by atoms with Gasteiger partial charge in [0, 0.05) is 49.4 Å². The standard InChI is InChI=1S/C24H21F2N7O/c1-31-12-16-9-14(5-7-20(16)29-31)23-21(26)22(24(34)32-8-2-3-17(28)13-32)30-33(23)18-6-4-15(11-27)19(25)10-18/h4-7,9-10,12,17H,2-3,8,13,28H2,1H3/t17-/m1/s1. The first-order chi connectivity index (χ1) is 16.4. The van der Waals surface area contributed by atoms with Crippen molar-refractivity contribution in [1.82, 2.24) is 24.5 Å². The third-order valence-corrected chi connectivity index (χ3v) is 5.99. The second kappa shape index (κ2) is 8.35. The molecule has 172 valence electrons. The summed E-state index contributed by atoms with van der Waals surface area (Å²) >= 11 is 0. The molecular weight excluding hydrogens is 440 g/mol. The monoisotopic (exact) mass is 461 g/mol. The summed E-state index contributed by atoms with van der Waals surface area (Å²) < 4.78 is 33.2. The molecule has 1 fully saturated rings. The lowest BCUT2D eigenvalue weighted by atomic mass is 10.1. The zero-order chi connectivity index (χ0) is 24.0. The van der Waals surface area contributed by atoms with Gasteiger partial charge in [0.2, 0.25) is 0 Å². The molecule has 1 aliphatic rings. The summed E-state index contributed by atoms with van der Waals surface area (Å²) in [7, 11) is 1.78. The van der Waals surface area contributed by atoms with Crippen LogP contribution in [0.4, 0.5) is 8.78 Å². The Kier molecular flexibility index (Phi) is 5.34. The number of carbonyl (C=O) groups is 1. The van der Waals surface area contributed by atoms with Crippen LogP contribution in [0.5, 0.6) is 0 Å². The summed E-state index contributed by atoms with van der Waals surface area (Å²) in [6.45, 7) is 0.773. The van der Waals surface area contributed by atoms with E-state index in [1.807, 2.05) is 0 Å². The van der Waals surface area contributed by atoms with E-state index in [2.05, 4.69) is 10.2 Å². The van der Waals surface area contributed by atoms with Gasteiger partial charge in [-0.05, 0) is 37.1 Å². The Morgan fingerprint density at radius 2 is 2.03 bits per heavy atom. The zero-order valence-corrected chi connectivity index (χ0v) is 18.4. The summed E-state index contributed by atoms with van der Waals surface area (Å²) in [6.07, 6.45) is 3.31. The second-order valence-corrected chi connectivity index (χ2v) is 8.43. The van der Waals surface area contributed by atoms with Gasteiger partial charge in [-0.3, -0.25) is 9.48 Å². The molecule has 0 bridgehead atoms. The SMILES string of the molecule is Cn1cc2cc(-c3c(F)c(C(=O)N4CCC[C@@H](N)C4)nn3-c3ccc(C#N)c(F)c3)ccc2n1. The van der Waals surface area contributed by atoms with Crippen LogP contribution in [0.1, 0.15) is 28.9 Å². The Hall–Kier alpha value is -4.10. The predicted molar refractivity (Wildman–Crippen MR) is 121 cm³/mol. The van der Waals surface area contributed by atoms with Crippen LogP contribution in [0.15, 0.2) is 42.6 Å². The summed E-state index contributed by atoms with van der Waals surface area (Å²) in [4.78, 5) is 14.7. The first-order valence-electron chi connectivity index (χ1n) is 10.8. The molecule has 1 aliphatic heterocycles. The molecule has 4 aromatic rings. The van der Waals surface area contributed by atoms with Crippen molar-refractivity contribution in [3.63, 3.8) is 0 Å². The van der Waals surface area contributed by atoms with Gasteiger partial charge in [-0.2, -0.15) is 15.5 Å². The number of piperidine rings is 1. The molecule has 1 saturated heterocycles. The van der Waals surface area contributed by atoms with Crippen molar-refractivity contribution in [3.8, 4) is 23.0 Å². The lowest BCUT2D eigenvalue weighted by molar-refractivity contribution is 0.0697. The smallest absolute Gasteiger partial charge is 0.277 e. The molecule has 1 atom stereocenters. The van der Waals surface area contributed by atoms with Crippen molar-refractivity contribution in [3.05, 3.63) is 65.5 Å². The third-order valence-electron chi connectivity index (χ3n) is 5.99. The molecule has 0 saturated carbocycles. The number of aromatic nitrogens is 4. The highest BCUT2D eigenvalue weighted by Crippen LogP contribution is 2.31. The van der Waals surface area contributed by atoms with Crippen molar-refractivity contribution in [2.75, 3.05) is 13.1 Å². The second-order valence-electron chi connectivity index (χ2n) is 8.43. The van der Waals surface area contributed by atoms with Crippen LogP contribution in [0.2, 0.25) is 0 Å². The van der Waals surface area contributed by atoms with E-state index < -0.39 is 17.5 Å². The molecule has 0 unspecified atom stereocenters. The molecule has 1 amide bonds. The Morgan fingerprint density at radius 3 is 2.76 bits per heavy atom. The highest BCUT2D eigenvalue weighted by molar-refractivity contribution is 5.94. The average molecular weight is 461 g/mol. The highest BCUT2D eigenvalue weighted by Gasteiger charge is 2.31. The van der Waals surface area contributed by atoms with E-state index in [9.17, 15) is 9.18 Å². The van der Waals surface area contributed by atoms with Gasteiger partial charge in [-0.15, -0.1) is 0 Å². The summed E-state index contributed by atoms with van der Waals surface area (Å²) in [5.41, 5.74) is 6.87. The Balaban J connectivity index is 1.68. The van der Waals surface area contributed by atoms with Crippen molar-refractivity contribution < 1.29 is 13.6 Å². The molecule has 0 radical (unpaired) electrons. The number of hydrogen-bond acceptors (Lipinski definition) is 5. The highest BCUT2D eigenvalue weighted by atomic mass is 19.1. The predicted octanol–water partition coefficient (Wildman–Crippen LogP) is 3.14. The van der Waals surface area contributed by atoms with Gasteiger partial charge in [-0.1, -0.05) is 6.07 Å². The molecule has 10 heteroatoms. The zero-order valence-electron chi connectivity index (χ0n) is 18.4. The van der Waals surface area contributed by atoms with E-state index in [1.54, 1.807) is 42.2 Å². The maximum absolute atomic E-state index is 15.9. The number of nitrogens with two attached hydrogens (primary N) is 1. The summed E-state index contributed by atoms with van der Waals surface area (Å²) in [5, 5.41) is 18.4. The van der Waals surface area contributed by atoms with E-state index in [0.717, 1.165) is 29.8 Å². The van der Waals surface area contributed by atoms with Crippen molar-refractivity contribution >= 4 is 16.8 Å². The van der Waals surface area contributed by atoms with Crippen LogP contribution in [-0.2, 0) is 7.05 Å². The topological polar surface area (TPSA) is 106 Å². The maximum Gasteiger partial charge on any atom is 0.277 e. The van der Waals surface area contributed by atoms with Gasteiger partial charge in [0.15, 0.2) is 11.5 Å². The number of likely N-dealkylation sites (tertiary alicyclic amines) is 1. The van der Waals surface area contributed by atoms with Crippen LogP contribution in [0.3, 0.4) is 0 Å². The fraction of sp³-hybridized carbons (Fsp3) is 0.250.